The minimum absolute atomic E-state index is 0.113. The molecule has 1 heterocycles. The molecule has 1 aliphatic rings. The quantitative estimate of drug-likeness (QED) is 0.789. The summed E-state index contributed by atoms with van der Waals surface area (Å²) in [6.07, 6.45) is 0.802. The van der Waals surface area contributed by atoms with Crippen molar-refractivity contribution < 1.29 is 14.3 Å². The average molecular weight is 349 g/mol. The maximum Gasteiger partial charge on any atom is 0.256 e. The molecule has 1 saturated heterocycles. The molecule has 0 radical (unpaired) electrons. The van der Waals surface area contributed by atoms with Crippen molar-refractivity contribution in [2.24, 2.45) is 0 Å². The molecule has 0 atom stereocenters. The van der Waals surface area contributed by atoms with Gasteiger partial charge in [0.15, 0.2) is 0 Å². The first-order valence-corrected chi connectivity index (χ1v) is 6.58. The lowest BCUT2D eigenvalue weighted by atomic mass is 10.1. The van der Waals surface area contributed by atoms with Crippen molar-refractivity contribution in [3.05, 3.63) is 33.1 Å². The smallest absolute Gasteiger partial charge is 0.256 e. The number of carbonyl (C=O) groups excluding carboxylic acids is 1. The van der Waals surface area contributed by atoms with Crippen molar-refractivity contribution in [1.82, 2.24) is 4.90 Å². The van der Waals surface area contributed by atoms with Crippen LogP contribution in [0.25, 0.3) is 0 Å². The lowest BCUT2D eigenvalue weighted by Gasteiger charge is -2.29. The molecule has 0 bridgehead atoms. The van der Waals surface area contributed by atoms with Crippen molar-refractivity contribution in [2.45, 2.75) is 18.9 Å². The van der Waals surface area contributed by atoms with Crippen molar-refractivity contribution in [3.63, 3.8) is 0 Å². The van der Waals surface area contributed by atoms with Crippen molar-refractivity contribution in [1.29, 1.82) is 0 Å². The zero-order valence-corrected chi connectivity index (χ0v) is 11.4. The second-order valence-electron chi connectivity index (χ2n) is 4.15. The third-order valence-electron chi connectivity index (χ3n) is 2.91. The third kappa shape index (κ3) is 2.95. The molecule has 92 valence electrons. The molecule has 2 rings (SSSR count). The van der Waals surface area contributed by atoms with Gasteiger partial charge in [0, 0.05) is 16.7 Å². The molecular weight excluding hydrogens is 336 g/mol. The van der Waals surface area contributed by atoms with E-state index in [0.29, 0.717) is 25.9 Å². The van der Waals surface area contributed by atoms with E-state index in [1.54, 1.807) is 11.0 Å². The van der Waals surface area contributed by atoms with Crippen LogP contribution in [0.4, 0.5) is 4.39 Å². The average Bonchev–Trinajstić information content (AvgIpc) is 2.29. The number of aliphatic hydroxyl groups is 1. The van der Waals surface area contributed by atoms with Crippen LogP contribution in [-0.2, 0) is 0 Å². The summed E-state index contributed by atoms with van der Waals surface area (Å²) in [5.74, 6) is -0.765. The summed E-state index contributed by atoms with van der Waals surface area (Å²) in [6, 6.07) is 4.59. The van der Waals surface area contributed by atoms with E-state index < -0.39 is 5.82 Å². The molecule has 1 aromatic rings. The number of halogens is 2. The molecule has 1 N–H and O–H groups in total. The van der Waals surface area contributed by atoms with E-state index in [1.165, 1.54) is 12.1 Å². The SMILES string of the molecule is O=C(c1ccc(I)cc1F)N1CCC(O)CC1. The Morgan fingerprint density at radius 1 is 1.41 bits per heavy atom. The van der Waals surface area contributed by atoms with Gasteiger partial charge in [0.2, 0.25) is 0 Å². The zero-order valence-electron chi connectivity index (χ0n) is 9.20. The van der Waals surface area contributed by atoms with Gasteiger partial charge in [-0.05, 0) is 53.6 Å². The van der Waals surface area contributed by atoms with Crippen LogP contribution < -0.4 is 0 Å². The first-order chi connectivity index (χ1) is 8.08. The van der Waals surface area contributed by atoms with Gasteiger partial charge in [-0.2, -0.15) is 0 Å². The van der Waals surface area contributed by atoms with E-state index >= 15 is 0 Å². The van der Waals surface area contributed by atoms with E-state index in [-0.39, 0.29) is 17.6 Å². The standard InChI is InChI=1S/C12H13FINO2/c13-11-7-8(14)1-2-10(11)12(17)15-5-3-9(16)4-6-15/h1-2,7,9,16H,3-6H2. The number of aliphatic hydroxyl groups excluding tert-OH is 1. The predicted octanol–water partition coefficient (Wildman–Crippen LogP) is 2.03. The summed E-state index contributed by atoms with van der Waals surface area (Å²) >= 11 is 2.00. The highest BCUT2D eigenvalue weighted by atomic mass is 127. The van der Waals surface area contributed by atoms with E-state index in [9.17, 15) is 14.3 Å². The number of amides is 1. The van der Waals surface area contributed by atoms with E-state index in [1.807, 2.05) is 22.6 Å². The number of benzene rings is 1. The molecule has 0 unspecified atom stereocenters. The maximum absolute atomic E-state index is 13.6. The van der Waals surface area contributed by atoms with E-state index in [4.69, 9.17) is 0 Å². The molecule has 1 fully saturated rings. The minimum Gasteiger partial charge on any atom is -0.393 e. The number of likely N-dealkylation sites (tertiary alicyclic amines) is 1. The fourth-order valence-electron chi connectivity index (χ4n) is 1.90. The van der Waals surface area contributed by atoms with Gasteiger partial charge in [-0.25, -0.2) is 4.39 Å². The molecular formula is C12H13FINO2. The summed E-state index contributed by atoms with van der Waals surface area (Å²) < 4.78 is 14.4. The molecule has 1 amide bonds. The molecule has 1 aliphatic heterocycles. The first-order valence-electron chi connectivity index (χ1n) is 5.50. The monoisotopic (exact) mass is 349 g/mol. The largest absolute Gasteiger partial charge is 0.393 e. The Labute approximate surface area is 113 Å². The van der Waals surface area contributed by atoms with Crippen molar-refractivity contribution in [2.75, 3.05) is 13.1 Å². The highest BCUT2D eigenvalue weighted by Crippen LogP contribution is 2.17. The van der Waals surface area contributed by atoms with Crippen LogP contribution in [0.15, 0.2) is 18.2 Å². The summed E-state index contributed by atoms with van der Waals surface area (Å²) in [4.78, 5) is 13.6. The van der Waals surface area contributed by atoms with Gasteiger partial charge in [-0.1, -0.05) is 0 Å². The summed E-state index contributed by atoms with van der Waals surface area (Å²) in [5, 5.41) is 9.36. The number of carbonyl (C=O) groups is 1. The second kappa shape index (κ2) is 5.30. The second-order valence-corrected chi connectivity index (χ2v) is 5.39. The summed E-state index contributed by atoms with van der Waals surface area (Å²) in [6.45, 7) is 0.983. The van der Waals surface area contributed by atoms with Crippen LogP contribution in [0.3, 0.4) is 0 Å². The minimum atomic E-state index is -0.479. The van der Waals surface area contributed by atoms with Crippen LogP contribution >= 0.6 is 22.6 Å². The Hall–Kier alpha value is -0.690. The highest BCUT2D eigenvalue weighted by Gasteiger charge is 2.24. The molecule has 1 aromatic carbocycles. The number of hydrogen-bond donors (Lipinski definition) is 1. The van der Waals surface area contributed by atoms with Crippen LogP contribution in [-0.4, -0.2) is 35.1 Å². The number of nitrogens with zero attached hydrogens (tertiary/aromatic N) is 1. The molecule has 0 aromatic heterocycles. The van der Waals surface area contributed by atoms with Gasteiger partial charge < -0.3 is 10.0 Å². The van der Waals surface area contributed by atoms with E-state index in [2.05, 4.69) is 0 Å². The Balaban J connectivity index is 2.14. The first kappa shape index (κ1) is 12.8. The fraction of sp³-hybridized carbons (Fsp3) is 0.417. The maximum atomic E-state index is 13.6. The Kier molecular flexibility index (Phi) is 3.98. The lowest BCUT2D eigenvalue weighted by molar-refractivity contribution is 0.0542. The predicted molar refractivity (Wildman–Crippen MR) is 70.3 cm³/mol. The van der Waals surface area contributed by atoms with Crippen LogP contribution in [0.5, 0.6) is 0 Å². The van der Waals surface area contributed by atoms with Gasteiger partial charge in [0.05, 0.1) is 11.7 Å². The number of hydrogen-bond acceptors (Lipinski definition) is 2. The fourth-order valence-corrected chi connectivity index (χ4v) is 2.36. The Morgan fingerprint density at radius 2 is 2.06 bits per heavy atom. The van der Waals surface area contributed by atoms with Crippen LogP contribution in [0.1, 0.15) is 23.2 Å². The summed E-state index contributed by atoms with van der Waals surface area (Å²) in [5.41, 5.74) is 0.113. The van der Waals surface area contributed by atoms with Crippen molar-refractivity contribution >= 4 is 28.5 Å². The Bertz CT molecular complexity index is 431. The molecule has 17 heavy (non-hydrogen) atoms. The van der Waals surface area contributed by atoms with Gasteiger partial charge >= 0.3 is 0 Å². The third-order valence-corrected chi connectivity index (χ3v) is 3.58. The van der Waals surface area contributed by atoms with Gasteiger partial charge in [0.25, 0.3) is 5.91 Å². The number of rotatable bonds is 1. The van der Waals surface area contributed by atoms with Crippen LogP contribution in [0.2, 0.25) is 0 Å². The zero-order chi connectivity index (χ0) is 12.4. The molecule has 0 spiro atoms. The normalized spacial score (nSPS) is 17.2. The molecule has 0 aliphatic carbocycles. The highest BCUT2D eigenvalue weighted by molar-refractivity contribution is 14.1. The van der Waals surface area contributed by atoms with Crippen LogP contribution in [0, 0.1) is 9.39 Å². The van der Waals surface area contributed by atoms with Crippen molar-refractivity contribution in [3.8, 4) is 0 Å². The molecule has 0 saturated carbocycles. The molecule has 3 nitrogen and oxygen atoms in total. The van der Waals surface area contributed by atoms with Gasteiger partial charge in [0.1, 0.15) is 5.82 Å². The summed E-state index contributed by atoms with van der Waals surface area (Å²) in [7, 11) is 0. The van der Waals surface area contributed by atoms with Gasteiger partial charge in [-0.3, -0.25) is 4.79 Å². The molecule has 5 heteroatoms. The Morgan fingerprint density at radius 3 is 2.65 bits per heavy atom. The number of piperidine rings is 1. The van der Waals surface area contributed by atoms with E-state index in [0.717, 1.165) is 3.57 Å². The topological polar surface area (TPSA) is 40.5 Å². The van der Waals surface area contributed by atoms with Gasteiger partial charge in [-0.15, -0.1) is 0 Å². The lowest BCUT2D eigenvalue weighted by Crippen LogP contribution is -2.40.